The summed E-state index contributed by atoms with van der Waals surface area (Å²) in [5, 5.41) is 18.3. The predicted octanol–water partition coefficient (Wildman–Crippen LogP) is 3.37. The topological polar surface area (TPSA) is 73.0 Å². The van der Waals surface area contributed by atoms with Crippen LogP contribution in [0.5, 0.6) is 0 Å². The second-order valence-electron chi connectivity index (χ2n) is 4.71. The SMILES string of the molecule is CCCn1cc(N[C@H](C)c2cccc([N+](=O)[O-])c2)cn1. The van der Waals surface area contributed by atoms with Gasteiger partial charge in [0.2, 0.25) is 0 Å². The van der Waals surface area contributed by atoms with Crippen LogP contribution in [0.3, 0.4) is 0 Å². The highest BCUT2D eigenvalue weighted by Gasteiger charge is 2.11. The van der Waals surface area contributed by atoms with Crippen molar-refractivity contribution in [3.63, 3.8) is 0 Å². The highest BCUT2D eigenvalue weighted by molar-refractivity contribution is 5.43. The number of aryl methyl sites for hydroxylation is 1. The number of nitro benzene ring substituents is 1. The van der Waals surface area contributed by atoms with Crippen molar-refractivity contribution in [3.05, 3.63) is 52.3 Å². The Morgan fingerprint density at radius 1 is 1.50 bits per heavy atom. The zero-order chi connectivity index (χ0) is 14.5. The van der Waals surface area contributed by atoms with Crippen LogP contribution in [0.2, 0.25) is 0 Å². The number of nitrogens with zero attached hydrogens (tertiary/aromatic N) is 3. The number of nitrogens with one attached hydrogen (secondary N) is 1. The van der Waals surface area contributed by atoms with E-state index in [9.17, 15) is 10.1 Å². The largest absolute Gasteiger partial charge is 0.376 e. The molecule has 0 aliphatic rings. The van der Waals surface area contributed by atoms with E-state index in [4.69, 9.17) is 0 Å². The van der Waals surface area contributed by atoms with Gasteiger partial charge in [0.1, 0.15) is 0 Å². The first kappa shape index (κ1) is 14.0. The van der Waals surface area contributed by atoms with Crippen molar-refractivity contribution in [1.29, 1.82) is 0 Å². The molecule has 1 N–H and O–H groups in total. The van der Waals surface area contributed by atoms with E-state index in [0.29, 0.717) is 0 Å². The van der Waals surface area contributed by atoms with Gasteiger partial charge in [0.15, 0.2) is 0 Å². The van der Waals surface area contributed by atoms with Crippen LogP contribution in [-0.2, 0) is 6.54 Å². The van der Waals surface area contributed by atoms with Crippen molar-refractivity contribution in [2.45, 2.75) is 32.9 Å². The van der Waals surface area contributed by atoms with Gasteiger partial charge in [-0.05, 0) is 18.9 Å². The van der Waals surface area contributed by atoms with Crippen molar-refractivity contribution in [2.75, 3.05) is 5.32 Å². The van der Waals surface area contributed by atoms with Crippen LogP contribution in [-0.4, -0.2) is 14.7 Å². The molecule has 1 heterocycles. The van der Waals surface area contributed by atoms with Crippen LogP contribution in [0, 0.1) is 10.1 Å². The zero-order valence-electron chi connectivity index (χ0n) is 11.6. The molecule has 1 aromatic carbocycles. The van der Waals surface area contributed by atoms with Gasteiger partial charge in [0, 0.05) is 30.9 Å². The monoisotopic (exact) mass is 274 g/mol. The van der Waals surface area contributed by atoms with Gasteiger partial charge in [0.05, 0.1) is 16.8 Å². The molecular formula is C14H18N4O2. The fourth-order valence-electron chi connectivity index (χ4n) is 2.03. The predicted molar refractivity (Wildman–Crippen MR) is 77.7 cm³/mol. The molecule has 106 valence electrons. The molecule has 0 spiro atoms. The average molecular weight is 274 g/mol. The van der Waals surface area contributed by atoms with Crippen molar-refractivity contribution >= 4 is 11.4 Å². The summed E-state index contributed by atoms with van der Waals surface area (Å²) in [6.45, 7) is 4.95. The van der Waals surface area contributed by atoms with Crippen molar-refractivity contribution in [2.24, 2.45) is 0 Å². The molecule has 0 amide bonds. The van der Waals surface area contributed by atoms with E-state index in [1.54, 1.807) is 18.3 Å². The van der Waals surface area contributed by atoms with E-state index < -0.39 is 0 Å². The Morgan fingerprint density at radius 3 is 3.00 bits per heavy atom. The summed E-state index contributed by atoms with van der Waals surface area (Å²) in [6, 6.07) is 6.64. The Bertz CT molecular complexity index is 594. The molecule has 2 aromatic rings. The summed E-state index contributed by atoms with van der Waals surface area (Å²) in [7, 11) is 0. The Kier molecular flexibility index (Phi) is 4.34. The third kappa shape index (κ3) is 3.34. The molecule has 0 radical (unpaired) electrons. The Balaban J connectivity index is 2.08. The lowest BCUT2D eigenvalue weighted by Crippen LogP contribution is -2.06. The number of anilines is 1. The number of nitro groups is 1. The highest BCUT2D eigenvalue weighted by atomic mass is 16.6. The maximum Gasteiger partial charge on any atom is 0.269 e. The van der Waals surface area contributed by atoms with Crippen molar-refractivity contribution < 1.29 is 4.92 Å². The van der Waals surface area contributed by atoms with Gasteiger partial charge in [-0.3, -0.25) is 14.8 Å². The number of hydrogen-bond donors (Lipinski definition) is 1. The normalized spacial score (nSPS) is 12.1. The summed E-state index contributed by atoms with van der Waals surface area (Å²) < 4.78 is 1.88. The third-order valence-electron chi connectivity index (χ3n) is 3.05. The maximum atomic E-state index is 10.8. The van der Waals surface area contributed by atoms with E-state index in [1.807, 2.05) is 23.9 Å². The third-order valence-corrected chi connectivity index (χ3v) is 3.05. The Morgan fingerprint density at radius 2 is 2.30 bits per heavy atom. The van der Waals surface area contributed by atoms with E-state index in [2.05, 4.69) is 17.3 Å². The molecule has 2 rings (SSSR count). The van der Waals surface area contributed by atoms with E-state index in [0.717, 1.165) is 24.2 Å². The fraction of sp³-hybridized carbons (Fsp3) is 0.357. The minimum Gasteiger partial charge on any atom is -0.376 e. The van der Waals surface area contributed by atoms with Gasteiger partial charge in [-0.1, -0.05) is 19.1 Å². The van der Waals surface area contributed by atoms with Crippen LogP contribution < -0.4 is 5.32 Å². The standard InChI is InChI=1S/C14H18N4O2/c1-3-7-17-10-13(9-15-17)16-11(2)12-5-4-6-14(8-12)18(19)20/h4-6,8-11,16H,3,7H2,1-2H3/t11-/m1/s1. The molecule has 0 aliphatic carbocycles. The van der Waals surface area contributed by atoms with Crippen LogP contribution in [0.4, 0.5) is 11.4 Å². The first-order chi connectivity index (χ1) is 9.60. The maximum absolute atomic E-state index is 10.8. The van der Waals surface area contributed by atoms with Crippen LogP contribution in [0.25, 0.3) is 0 Å². The lowest BCUT2D eigenvalue weighted by Gasteiger charge is -2.13. The first-order valence-electron chi connectivity index (χ1n) is 6.63. The molecule has 6 nitrogen and oxygen atoms in total. The second-order valence-corrected chi connectivity index (χ2v) is 4.71. The van der Waals surface area contributed by atoms with E-state index in [-0.39, 0.29) is 16.7 Å². The Labute approximate surface area is 117 Å². The van der Waals surface area contributed by atoms with Crippen molar-refractivity contribution in [3.8, 4) is 0 Å². The van der Waals surface area contributed by atoms with Gasteiger partial charge in [-0.25, -0.2) is 0 Å². The molecule has 20 heavy (non-hydrogen) atoms. The summed E-state index contributed by atoms with van der Waals surface area (Å²) in [5.41, 5.74) is 1.90. The van der Waals surface area contributed by atoms with Gasteiger partial charge in [0.25, 0.3) is 5.69 Å². The molecule has 0 saturated carbocycles. The smallest absolute Gasteiger partial charge is 0.269 e. The van der Waals surface area contributed by atoms with Gasteiger partial charge in [-0.15, -0.1) is 0 Å². The summed E-state index contributed by atoms with van der Waals surface area (Å²) in [6.07, 6.45) is 4.74. The van der Waals surface area contributed by atoms with Gasteiger partial charge in [-0.2, -0.15) is 5.10 Å². The van der Waals surface area contributed by atoms with Crippen LogP contribution in [0.15, 0.2) is 36.7 Å². The Hall–Kier alpha value is -2.37. The van der Waals surface area contributed by atoms with Crippen LogP contribution >= 0.6 is 0 Å². The lowest BCUT2D eigenvalue weighted by molar-refractivity contribution is -0.384. The molecule has 0 saturated heterocycles. The summed E-state index contributed by atoms with van der Waals surface area (Å²) >= 11 is 0. The van der Waals surface area contributed by atoms with Gasteiger partial charge < -0.3 is 5.32 Å². The minimum atomic E-state index is -0.379. The van der Waals surface area contributed by atoms with E-state index >= 15 is 0 Å². The summed E-state index contributed by atoms with van der Waals surface area (Å²) in [5.74, 6) is 0. The second kappa shape index (κ2) is 6.18. The molecule has 0 unspecified atom stereocenters. The van der Waals surface area contributed by atoms with Crippen LogP contribution in [0.1, 0.15) is 31.9 Å². The lowest BCUT2D eigenvalue weighted by atomic mass is 10.1. The molecule has 0 aliphatic heterocycles. The van der Waals surface area contributed by atoms with E-state index in [1.165, 1.54) is 6.07 Å². The molecule has 6 heteroatoms. The fourth-order valence-corrected chi connectivity index (χ4v) is 2.03. The number of benzene rings is 1. The first-order valence-corrected chi connectivity index (χ1v) is 6.63. The molecule has 0 bridgehead atoms. The van der Waals surface area contributed by atoms with Gasteiger partial charge >= 0.3 is 0 Å². The molecule has 1 aromatic heterocycles. The minimum absolute atomic E-state index is 0.0193. The average Bonchev–Trinajstić information content (AvgIpc) is 2.86. The molecule has 0 fully saturated rings. The highest BCUT2D eigenvalue weighted by Crippen LogP contribution is 2.22. The molecular weight excluding hydrogens is 256 g/mol. The number of rotatable bonds is 6. The molecule has 1 atom stereocenters. The quantitative estimate of drug-likeness (QED) is 0.647. The number of aromatic nitrogens is 2. The summed E-state index contributed by atoms with van der Waals surface area (Å²) in [4.78, 5) is 10.4. The number of non-ortho nitro benzene ring substituents is 1. The zero-order valence-corrected chi connectivity index (χ0v) is 11.6. The number of hydrogen-bond acceptors (Lipinski definition) is 4. The van der Waals surface area contributed by atoms with Crippen molar-refractivity contribution in [1.82, 2.24) is 9.78 Å².